The van der Waals surface area contributed by atoms with Crippen LogP contribution >= 0.6 is 0 Å². The molecule has 0 bridgehead atoms. The summed E-state index contributed by atoms with van der Waals surface area (Å²) in [5, 5.41) is 0. The Morgan fingerprint density at radius 2 is 1.76 bits per heavy atom. The Bertz CT molecular complexity index is 1160. The number of amides is 1. The van der Waals surface area contributed by atoms with E-state index in [0.717, 1.165) is 24.8 Å². The van der Waals surface area contributed by atoms with Crippen molar-refractivity contribution >= 4 is 17.4 Å². The number of aromatic nitrogens is 1. The largest absolute Gasteiger partial charge is 0.307 e. The highest BCUT2D eigenvalue weighted by molar-refractivity contribution is 5.97. The van der Waals surface area contributed by atoms with E-state index in [1.54, 1.807) is 60.4 Å². The smallest absolute Gasteiger partial charge is 0.227 e. The zero-order valence-corrected chi connectivity index (χ0v) is 18.6. The maximum atomic E-state index is 15.0. The van der Waals surface area contributed by atoms with Crippen LogP contribution in [0.2, 0.25) is 0 Å². The van der Waals surface area contributed by atoms with E-state index >= 15 is 4.39 Å². The molecular formula is C27H26F2N2O2. The van der Waals surface area contributed by atoms with E-state index in [1.165, 1.54) is 12.3 Å². The maximum Gasteiger partial charge on any atom is 0.227 e. The molecule has 1 amide bonds. The second kappa shape index (κ2) is 10.0. The first-order chi connectivity index (χ1) is 16.0. The van der Waals surface area contributed by atoms with Crippen molar-refractivity contribution < 1.29 is 18.4 Å². The molecular weight excluding hydrogens is 422 g/mol. The van der Waals surface area contributed by atoms with Crippen molar-refractivity contribution in [1.82, 2.24) is 4.98 Å². The van der Waals surface area contributed by atoms with Crippen molar-refractivity contribution in [2.75, 3.05) is 4.90 Å². The number of nitrogens with zero attached hydrogens (tertiary/aromatic N) is 2. The summed E-state index contributed by atoms with van der Waals surface area (Å²) in [6.07, 6.45) is 5.02. The Kier molecular flexibility index (Phi) is 6.92. The van der Waals surface area contributed by atoms with Crippen LogP contribution in [0.4, 0.5) is 14.5 Å². The number of ketones is 1. The summed E-state index contributed by atoms with van der Waals surface area (Å²) >= 11 is 0. The third-order valence-electron chi connectivity index (χ3n) is 6.22. The molecule has 1 heterocycles. The van der Waals surface area contributed by atoms with Crippen LogP contribution < -0.4 is 4.90 Å². The lowest BCUT2D eigenvalue weighted by atomic mass is 9.90. The van der Waals surface area contributed by atoms with Crippen LogP contribution in [0.3, 0.4) is 0 Å². The molecule has 4 rings (SSSR count). The van der Waals surface area contributed by atoms with Crippen LogP contribution in [0, 0.1) is 11.8 Å². The van der Waals surface area contributed by atoms with E-state index in [4.69, 9.17) is 0 Å². The third-order valence-corrected chi connectivity index (χ3v) is 6.22. The maximum absolute atomic E-state index is 15.0. The van der Waals surface area contributed by atoms with Gasteiger partial charge >= 0.3 is 0 Å². The molecule has 0 radical (unpaired) electrons. The molecule has 1 aromatic heterocycles. The average molecular weight is 449 g/mol. The van der Waals surface area contributed by atoms with Gasteiger partial charge in [0.15, 0.2) is 5.78 Å². The van der Waals surface area contributed by atoms with Gasteiger partial charge in [-0.25, -0.2) is 9.37 Å². The third kappa shape index (κ3) is 5.00. The summed E-state index contributed by atoms with van der Waals surface area (Å²) in [4.78, 5) is 30.1. The second-order valence-corrected chi connectivity index (χ2v) is 8.32. The molecule has 0 saturated heterocycles. The van der Waals surface area contributed by atoms with Crippen molar-refractivity contribution in [3.63, 3.8) is 0 Å². The molecule has 1 aliphatic rings. The van der Waals surface area contributed by atoms with Crippen molar-refractivity contribution in [3.05, 3.63) is 83.7 Å². The number of hydrogen-bond acceptors (Lipinski definition) is 3. The molecule has 0 spiro atoms. The lowest BCUT2D eigenvalue weighted by Crippen LogP contribution is -2.44. The molecule has 0 unspecified atom stereocenters. The topological polar surface area (TPSA) is 50.3 Å². The first-order valence-corrected chi connectivity index (χ1v) is 11.3. The van der Waals surface area contributed by atoms with E-state index in [2.05, 4.69) is 4.98 Å². The van der Waals surface area contributed by atoms with Crippen LogP contribution in [-0.2, 0) is 11.2 Å². The number of pyridine rings is 1. The summed E-state index contributed by atoms with van der Waals surface area (Å²) in [5.74, 6) is -1.15. The number of rotatable bonds is 8. The van der Waals surface area contributed by atoms with Gasteiger partial charge in [0.05, 0.1) is 5.69 Å². The van der Waals surface area contributed by atoms with Gasteiger partial charge in [-0.1, -0.05) is 43.3 Å². The first-order valence-electron chi connectivity index (χ1n) is 11.3. The lowest BCUT2D eigenvalue weighted by Gasteiger charge is -2.37. The summed E-state index contributed by atoms with van der Waals surface area (Å²) in [5.41, 5.74) is 2.70. The average Bonchev–Trinajstić information content (AvgIpc) is 2.80. The van der Waals surface area contributed by atoms with Crippen molar-refractivity contribution in [3.8, 4) is 11.1 Å². The monoisotopic (exact) mass is 448 g/mol. The van der Waals surface area contributed by atoms with Crippen molar-refractivity contribution in [2.45, 2.75) is 51.5 Å². The Balaban J connectivity index is 1.47. The van der Waals surface area contributed by atoms with E-state index in [0.29, 0.717) is 28.8 Å². The van der Waals surface area contributed by atoms with E-state index in [-0.39, 0.29) is 30.6 Å². The molecule has 0 atom stereocenters. The minimum atomic E-state index is -0.553. The molecule has 1 saturated carbocycles. The molecule has 33 heavy (non-hydrogen) atoms. The van der Waals surface area contributed by atoms with Crippen LogP contribution in [0.25, 0.3) is 11.1 Å². The normalized spacial score (nSPS) is 13.4. The number of anilines is 1. The molecule has 1 fully saturated rings. The summed E-state index contributed by atoms with van der Waals surface area (Å²) in [6, 6.07) is 15.2. The van der Waals surface area contributed by atoms with E-state index in [9.17, 15) is 14.0 Å². The fourth-order valence-corrected chi connectivity index (χ4v) is 4.08. The molecule has 1 aliphatic carbocycles. The number of carbonyl (C=O) groups is 2. The zero-order chi connectivity index (χ0) is 23.4. The van der Waals surface area contributed by atoms with Gasteiger partial charge in [0.2, 0.25) is 11.9 Å². The molecule has 0 N–H and O–H groups in total. The predicted octanol–water partition coefficient (Wildman–Crippen LogP) is 6.14. The van der Waals surface area contributed by atoms with Crippen LogP contribution in [0.15, 0.2) is 60.8 Å². The van der Waals surface area contributed by atoms with Gasteiger partial charge in [0.1, 0.15) is 5.82 Å². The van der Waals surface area contributed by atoms with Gasteiger partial charge in [-0.2, -0.15) is 4.39 Å². The van der Waals surface area contributed by atoms with Crippen LogP contribution in [0.1, 0.15) is 54.9 Å². The number of hydrogen-bond donors (Lipinski definition) is 0. The minimum Gasteiger partial charge on any atom is -0.307 e. The number of Topliss-reactive ketones (excluding diaryl/α,β-unsaturated/α-hetero) is 1. The Morgan fingerprint density at radius 1 is 1.03 bits per heavy atom. The molecule has 2 aromatic carbocycles. The Labute approximate surface area is 192 Å². The van der Waals surface area contributed by atoms with Gasteiger partial charge in [-0.05, 0) is 55.0 Å². The quantitative estimate of drug-likeness (QED) is 0.307. The van der Waals surface area contributed by atoms with Gasteiger partial charge in [0.25, 0.3) is 0 Å². The molecule has 0 aliphatic heterocycles. The van der Waals surface area contributed by atoms with Gasteiger partial charge in [0, 0.05) is 36.2 Å². The standard InChI is InChI=1S/C27H26F2N2O2/c1-2-26(33)31(22-6-3-7-22)24-14-12-21(17-23(24)28)18-8-10-19(11-9-18)25(32)15-13-20-5-4-16-30-27(20)29/h4-5,8-12,14,16-17,22H,2-3,6-7,13,15H2,1H3. The fourth-order valence-electron chi connectivity index (χ4n) is 4.08. The van der Waals surface area contributed by atoms with E-state index in [1.807, 2.05) is 0 Å². The highest BCUT2D eigenvalue weighted by Gasteiger charge is 2.30. The van der Waals surface area contributed by atoms with Gasteiger partial charge in [-0.3, -0.25) is 9.59 Å². The highest BCUT2D eigenvalue weighted by atomic mass is 19.1. The predicted molar refractivity (Wildman–Crippen MR) is 124 cm³/mol. The van der Waals surface area contributed by atoms with Crippen LogP contribution in [0.5, 0.6) is 0 Å². The second-order valence-electron chi connectivity index (χ2n) is 8.32. The van der Waals surface area contributed by atoms with Crippen molar-refractivity contribution in [2.24, 2.45) is 0 Å². The minimum absolute atomic E-state index is 0.0691. The molecule has 4 nitrogen and oxygen atoms in total. The first kappa shape index (κ1) is 22.8. The summed E-state index contributed by atoms with van der Waals surface area (Å²) in [7, 11) is 0. The number of halogens is 2. The van der Waals surface area contributed by atoms with Crippen molar-refractivity contribution in [1.29, 1.82) is 0 Å². The van der Waals surface area contributed by atoms with Crippen LogP contribution in [-0.4, -0.2) is 22.7 Å². The Hall–Kier alpha value is -3.41. The number of benzene rings is 2. The van der Waals surface area contributed by atoms with Gasteiger partial charge in [-0.15, -0.1) is 0 Å². The highest BCUT2D eigenvalue weighted by Crippen LogP contribution is 2.34. The number of aryl methyl sites for hydroxylation is 1. The SMILES string of the molecule is CCC(=O)N(c1ccc(-c2ccc(C(=O)CCc3cccnc3F)cc2)cc1F)C1CCC1. The number of carbonyl (C=O) groups excluding carboxylic acids is 2. The van der Waals surface area contributed by atoms with E-state index < -0.39 is 11.8 Å². The summed E-state index contributed by atoms with van der Waals surface area (Å²) < 4.78 is 28.7. The van der Waals surface area contributed by atoms with Gasteiger partial charge < -0.3 is 4.90 Å². The Morgan fingerprint density at radius 3 is 2.36 bits per heavy atom. The molecule has 3 aromatic rings. The molecule has 6 heteroatoms. The fraction of sp³-hybridized carbons (Fsp3) is 0.296. The zero-order valence-electron chi connectivity index (χ0n) is 18.6. The molecule has 170 valence electrons. The summed E-state index contributed by atoms with van der Waals surface area (Å²) in [6.45, 7) is 1.79. The lowest BCUT2D eigenvalue weighted by molar-refractivity contribution is -0.119.